The van der Waals surface area contributed by atoms with E-state index in [1.54, 1.807) is 30.3 Å². The number of hydrogen-bond donors (Lipinski definition) is 2. The maximum Gasteiger partial charge on any atom is 0.302 e. The molecule has 8 nitrogen and oxygen atoms in total. The lowest BCUT2D eigenvalue weighted by Gasteiger charge is -2.20. The first-order valence-corrected chi connectivity index (χ1v) is 10.6. The second-order valence-corrected chi connectivity index (χ2v) is 7.82. The predicted molar refractivity (Wildman–Crippen MR) is 122 cm³/mol. The van der Waals surface area contributed by atoms with E-state index in [0.29, 0.717) is 29.0 Å². The summed E-state index contributed by atoms with van der Waals surface area (Å²) < 4.78 is 24.8. The molecule has 0 aliphatic carbocycles. The van der Waals surface area contributed by atoms with Crippen molar-refractivity contribution >= 4 is 34.4 Å². The van der Waals surface area contributed by atoms with Crippen LogP contribution in [-0.2, 0) is 9.59 Å². The molecule has 2 aromatic heterocycles. The van der Waals surface area contributed by atoms with E-state index in [1.165, 1.54) is 24.5 Å². The first kappa shape index (κ1) is 21.4. The summed E-state index contributed by atoms with van der Waals surface area (Å²) in [6, 6.07) is 11.1. The number of anilines is 1. The number of ketones is 1. The fourth-order valence-electron chi connectivity index (χ4n) is 4.12. The molecule has 1 fully saturated rings. The number of aliphatic hydroxyl groups is 1. The summed E-state index contributed by atoms with van der Waals surface area (Å²) in [7, 11) is 0. The number of hydrogen-bond acceptors (Lipinski definition) is 6. The summed E-state index contributed by atoms with van der Waals surface area (Å²) in [5.41, 5.74) is 1.74. The van der Waals surface area contributed by atoms with Crippen LogP contribution in [-0.4, -0.2) is 33.4 Å². The third-order valence-electron chi connectivity index (χ3n) is 5.66. The minimum absolute atomic E-state index is 0.0334. The largest absolute Gasteiger partial charge is 0.507 e. The maximum absolute atomic E-state index is 13.7. The van der Waals surface area contributed by atoms with E-state index in [1.807, 2.05) is 13.8 Å². The van der Waals surface area contributed by atoms with Crippen LogP contribution in [0.25, 0.3) is 16.8 Å². The molecular formula is C25H20FN3O5. The molecule has 2 aromatic carbocycles. The van der Waals surface area contributed by atoms with Gasteiger partial charge in [-0.2, -0.15) is 0 Å². The molecule has 0 saturated carbocycles. The minimum Gasteiger partial charge on any atom is -0.507 e. The molecule has 9 heteroatoms. The molecule has 1 atom stereocenters. The Morgan fingerprint density at radius 2 is 2.06 bits per heavy atom. The number of nitrogens with zero attached hydrogens (tertiary/aromatic N) is 2. The Morgan fingerprint density at radius 1 is 1.24 bits per heavy atom. The Labute approximate surface area is 193 Å². The number of H-pyrrole nitrogens is 1. The first-order chi connectivity index (χ1) is 16.4. The molecule has 2 N–H and O–H groups in total. The molecule has 3 heterocycles. The molecule has 34 heavy (non-hydrogen) atoms. The molecule has 172 valence electrons. The van der Waals surface area contributed by atoms with Gasteiger partial charge in [0.25, 0.3) is 5.78 Å². The summed E-state index contributed by atoms with van der Waals surface area (Å²) >= 11 is 0. The van der Waals surface area contributed by atoms with Crippen LogP contribution in [0.3, 0.4) is 0 Å². The lowest BCUT2D eigenvalue weighted by atomic mass is 9.98. The van der Waals surface area contributed by atoms with E-state index in [-0.39, 0.29) is 23.0 Å². The Balaban J connectivity index is 1.67. The van der Waals surface area contributed by atoms with Crippen molar-refractivity contribution in [2.45, 2.75) is 19.9 Å². The zero-order chi connectivity index (χ0) is 24.0. The zero-order valence-electron chi connectivity index (χ0n) is 18.3. The van der Waals surface area contributed by atoms with Gasteiger partial charge in [0, 0.05) is 5.56 Å². The summed E-state index contributed by atoms with van der Waals surface area (Å²) in [4.78, 5) is 34.7. The number of halogens is 1. The van der Waals surface area contributed by atoms with E-state index in [0.717, 1.165) is 10.5 Å². The highest BCUT2D eigenvalue weighted by Gasteiger charge is 2.49. The van der Waals surface area contributed by atoms with Crippen LogP contribution in [0.5, 0.6) is 5.75 Å². The highest BCUT2D eigenvalue weighted by atomic mass is 19.1. The standard InChI is InChI=1S/C25H20FN3O5/c1-3-33-18-9-6-14(11-13(18)2)22(30)20-21(19-5-4-10-34-19)29(24(32)23(20)31)25-27-16-8-7-15(26)12-17(16)28-25/h4-12,21,30H,3H2,1-2H3,(H,27,28)/b22-20+. The van der Waals surface area contributed by atoms with Gasteiger partial charge in [0.2, 0.25) is 5.95 Å². The van der Waals surface area contributed by atoms with Crippen molar-refractivity contribution < 1.29 is 28.2 Å². The molecule has 5 rings (SSSR count). The second kappa shape index (κ2) is 8.18. The molecule has 0 bridgehead atoms. The van der Waals surface area contributed by atoms with E-state index in [2.05, 4.69) is 9.97 Å². The van der Waals surface area contributed by atoms with Gasteiger partial charge in [-0.3, -0.25) is 14.5 Å². The monoisotopic (exact) mass is 461 g/mol. The quantitative estimate of drug-likeness (QED) is 0.255. The van der Waals surface area contributed by atoms with Crippen molar-refractivity contribution in [3.05, 3.63) is 83.1 Å². The molecule has 1 aliphatic rings. The number of nitrogens with one attached hydrogen (secondary N) is 1. The molecule has 4 aromatic rings. The molecule has 1 aliphatic heterocycles. The van der Waals surface area contributed by atoms with Gasteiger partial charge >= 0.3 is 5.91 Å². The van der Waals surface area contributed by atoms with Gasteiger partial charge in [-0.15, -0.1) is 0 Å². The number of aromatic nitrogens is 2. The number of imidazole rings is 1. The SMILES string of the molecule is CCOc1ccc(/C(O)=C2\C(=O)C(=O)N(c3nc4ccc(F)cc4[nH]3)C2c2ccco2)cc1C. The van der Waals surface area contributed by atoms with Crippen molar-refractivity contribution in [3.8, 4) is 5.75 Å². The minimum atomic E-state index is -1.08. The van der Waals surface area contributed by atoms with E-state index < -0.39 is 23.5 Å². The third kappa shape index (κ3) is 3.42. The second-order valence-electron chi connectivity index (χ2n) is 7.82. The average Bonchev–Trinajstić information content (AvgIpc) is 3.53. The van der Waals surface area contributed by atoms with Gasteiger partial charge in [-0.05, 0) is 67.9 Å². The van der Waals surface area contributed by atoms with E-state index in [9.17, 15) is 19.1 Å². The Bertz CT molecular complexity index is 1450. The zero-order valence-corrected chi connectivity index (χ0v) is 18.3. The number of carbonyl (C=O) groups is 2. The topological polar surface area (TPSA) is 109 Å². The molecule has 1 unspecified atom stereocenters. The fourth-order valence-corrected chi connectivity index (χ4v) is 4.12. The number of ether oxygens (including phenoxy) is 1. The summed E-state index contributed by atoms with van der Waals surface area (Å²) in [6.45, 7) is 4.17. The number of rotatable bonds is 5. The summed E-state index contributed by atoms with van der Waals surface area (Å²) in [6.07, 6.45) is 1.41. The summed E-state index contributed by atoms with van der Waals surface area (Å²) in [5, 5.41) is 11.2. The van der Waals surface area contributed by atoms with Gasteiger partial charge < -0.3 is 19.2 Å². The number of benzene rings is 2. The number of carbonyl (C=O) groups excluding carboxylic acids is 2. The van der Waals surface area contributed by atoms with Crippen molar-refractivity contribution in [1.29, 1.82) is 0 Å². The van der Waals surface area contributed by atoms with Gasteiger partial charge in [-0.25, -0.2) is 9.37 Å². The molecular weight excluding hydrogens is 441 g/mol. The normalized spacial score (nSPS) is 17.6. The summed E-state index contributed by atoms with van der Waals surface area (Å²) in [5.74, 6) is -1.67. The van der Waals surface area contributed by atoms with E-state index >= 15 is 0 Å². The maximum atomic E-state index is 13.7. The third-order valence-corrected chi connectivity index (χ3v) is 5.66. The lowest BCUT2D eigenvalue weighted by molar-refractivity contribution is -0.132. The number of aliphatic hydroxyl groups excluding tert-OH is 1. The molecule has 1 saturated heterocycles. The highest BCUT2D eigenvalue weighted by molar-refractivity contribution is 6.51. The van der Waals surface area contributed by atoms with Gasteiger partial charge in [0.15, 0.2) is 0 Å². The number of furan rings is 1. The van der Waals surface area contributed by atoms with Crippen LogP contribution in [0.2, 0.25) is 0 Å². The number of aromatic amines is 1. The molecule has 0 radical (unpaired) electrons. The van der Waals surface area contributed by atoms with Gasteiger partial charge in [0.1, 0.15) is 29.1 Å². The molecule has 1 amide bonds. The fraction of sp³-hybridized carbons (Fsp3) is 0.160. The highest BCUT2D eigenvalue weighted by Crippen LogP contribution is 2.42. The lowest BCUT2D eigenvalue weighted by Crippen LogP contribution is -2.30. The van der Waals surface area contributed by atoms with Crippen molar-refractivity contribution in [2.75, 3.05) is 11.5 Å². The number of amides is 1. The van der Waals surface area contributed by atoms with Crippen LogP contribution in [0, 0.1) is 12.7 Å². The van der Waals surface area contributed by atoms with E-state index in [4.69, 9.17) is 9.15 Å². The Kier molecular flexibility index (Phi) is 5.16. The predicted octanol–water partition coefficient (Wildman–Crippen LogP) is 4.63. The smallest absolute Gasteiger partial charge is 0.302 e. The number of fused-ring (bicyclic) bond motifs is 1. The van der Waals surface area contributed by atoms with Crippen LogP contribution >= 0.6 is 0 Å². The number of aryl methyl sites for hydroxylation is 1. The van der Waals surface area contributed by atoms with Gasteiger partial charge in [0.05, 0.1) is 29.5 Å². The number of Topliss-reactive ketones (excluding diaryl/α,β-unsaturated/α-hetero) is 1. The van der Waals surface area contributed by atoms with Crippen molar-refractivity contribution in [3.63, 3.8) is 0 Å². The van der Waals surface area contributed by atoms with Gasteiger partial charge in [-0.1, -0.05) is 0 Å². The van der Waals surface area contributed by atoms with Crippen LogP contribution in [0.4, 0.5) is 10.3 Å². The first-order valence-electron chi connectivity index (χ1n) is 10.6. The van der Waals surface area contributed by atoms with Crippen LogP contribution < -0.4 is 9.64 Å². The van der Waals surface area contributed by atoms with Crippen molar-refractivity contribution in [1.82, 2.24) is 9.97 Å². The molecule has 0 spiro atoms. The Morgan fingerprint density at radius 3 is 2.76 bits per heavy atom. The van der Waals surface area contributed by atoms with Crippen LogP contribution in [0.1, 0.15) is 29.9 Å². The average molecular weight is 461 g/mol. The van der Waals surface area contributed by atoms with Crippen LogP contribution in [0.15, 0.2) is 64.8 Å². The van der Waals surface area contributed by atoms with Crippen molar-refractivity contribution in [2.24, 2.45) is 0 Å². The Hall–Kier alpha value is -4.40.